The van der Waals surface area contributed by atoms with Crippen LogP contribution in [0.15, 0.2) is 30.3 Å². The van der Waals surface area contributed by atoms with Gasteiger partial charge in [-0.2, -0.15) is 0 Å². The predicted molar refractivity (Wildman–Crippen MR) is 93.9 cm³/mol. The van der Waals surface area contributed by atoms with Gasteiger partial charge in [-0.05, 0) is 37.7 Å². The predicted octanol–water partition coefficient (Wildman–Crippen LogP) is 4.21. The Kier molecular flexibility index (Phi) is 5.20. The van der Waals surface area contributed by atoms with Gasteiger partial charge >= 0.3 is 0 Å². The van der Waals surface area contributed by atoms with E-state index in [0.29, 0.717) is 0 Å². The summed E-state index contributed by atoms with van der Waals surface area (Å²) in [5.41, 5.74) is 1.74. The Hall–Kier alpha value is -0.860. The lowest BCUT2D eigenvalue weighted by Crippen LogP contribution is -2.64. The first-order chi connectivity index (χ1) is 10.7. The molecule has 2 aliphatic rings. The first-order valence-corrected chi connectivity index (χ1v) is 9.23. The summed E-state index contributed by atoms with van der Waals surface area (Å²) in [5.74, 6) is 0.895. The molecule has 1 aliphatic heterocycles. The summed E-state index contributed by atoms with van der Waals surface area (Å²) in [5, 5.41) is 3.87. The van der Waals surface area contributed by atoms with E-state index >= 15 is 0 Å². The number of hydrogen-bond acceptors (Lipinski definition) is 2. The topological polar surface area (TPSA) is 15.3 Å². The normalized spacial score (nSPS) is 31.3. The molecule has 3 rings (SSSR count). The second-order valence-corrected chi connectivity index (χ2v) is 7.65. The molecule has 1 aliphatic carbocycles. The van der Waals surface area contributed by atoms with Crippen molar-refractivity contribution in [2.24, 2.45) is 5.92 Å². The van der Waals surface area contributed by atoms with Crippen molar-refractivity contribution in [3.63, 3.8) is 0 Å². The molecule has 2 atom stereocenters. The average molecular weight is 300 g/mol. The molecule has 0 aromatic heterocycles. The summed E-state index contributed by atoms with van der Waals surface area (Å²) in [4.78, 5) is 2.78. The zero-order valence-corrected chi connectivity index (χ0v) is 14.4. The summed E-state index contributed by atoms with van der Waals surface area (Å²) in [6.45, 7) is 8.16. The second-order valence-electron chi connectivity index (χ2n) is 7.65. The zero-order valence-electron chi connectivity index (χ0n) is 14.4. The number of nitrogens with one attached hydrogen (secondary N) is 1. The van der Waals surface area contributed by atoms with E-state index in [9.17, 15) is 0 Å². The fraction of sp³-hybridized carbons (Fsp3) is 0.700. The molecule has 122 valence electrons. The SMILES string of the molecule is CCC1(C)CN(Cc2ccccc2)C(C2CCCCC2)CN1. The van der Waals surface area contributed by atoms with Gasteiger partial charge in [0.15, 0.2) is 0 Å². The minimum absolute atomic E-state index is 0.278. The maximum absolute atomic E-state index is 3.87. The summed E-state index contributed by atoms with van der Waals surface area (Å²) >= 11 is 0. The van der Waals surface area contributed by atoms with Crippen LogP contribution in [0.1, 0.15) is 57.9 Å². The molecule has 0 amide bonds. The lowest BCUT2D eigenvalue weighted by molar-refractivity contribution is 0.0346. The molecule has 0 radical (unpaired) electrons. The summed E-state index contributed by atoms with van der Waals surface area (Å²) in [6, 6.07) is 11.8. The summed E-state index contributed by atoms with van der Waals surface area (Å²) in [7, 11) is 0. The highest BCUT2D eigenvalue weighted by Crippen LogP contribution is 2.32. The van der Waals surface area contributed by atoms with Crippen molar-refractivity contribution in [2.45, 2.75) is 70.5 Å². The highest BCUT2D eigenvalue weighted by Gasteiger charge is 2.38. The molecule has 1 saturated carbocycles. The molecule has 0 bridgehead atoms. The molecule has 1 aromatic rings. The number of piperazine rings is 1. The van der Waals surface area contributed by atoms with Crippen LogP contribution in [0.5, 0.6) is 0 Å². The van der Waals surface area contributed by atoms with Crippen molar-refractivity contribution in [2.75, 3.05) is 13.1 Å². The Labute approximate surface area is 136 Å². The molecular formula is C20H32N2. The number of hydrogen-bond donors (Lipinski definition) is 1. The van der Waals surface area contributed by atoms with Crippen LogP contribution in [0.4, 0.5) is 0 Å². The third kappa shape index (κ3) is 3.72. The molecule has 2 nitrogen and oxygen atoms in total. The van der Waals surface area contributed by atoms with Crippen LogP contribution in [0.3, 0.4) is 0 Å². The Morgan fingerprint density at radius 2 is 1.86 bits per heavy atom. The third-order valence-corrected chi connectivity index (χ3v) is 5.96. The highest BCUT2D eigenvalue weighted by molar-refractivity contribution is 5.15. The molecular weight excluding hydrogens is 268 g/mol. The number of benzene rings is 1. The van der Waals surface area contributed by atoms with Gasteiger partial charge in [0.2, 0.25) is 0 Å². The molecule has 1 N–H and O–H groups in total. The Morgan fingerprint density at radius 3 is 2.55 bits per heavy atom. The maximum atomic E-state index is 3.87. The van der Waals surface area contributed by atoms with E-state index < -0.39 is 0 Å². The van der Waals surface area contributed by atoms with Gasteiger partial charge in [0.1, 0.15) is 0 Å². The van der Waals surface area contributed by atoms with Crippen LogP contribution in [0, 0.1) is 5.92 Å². The summed E-state index contributed by atoms with van der Waals surface area (Å²) < 4.78 is 0. The lowest BCUT2D eigenvalue weighted by atomic mass is 9.80. The quantitative estimate of drug-likeness (QED) is 0.896. The van der Waals surface area contributed by atoms with Gasteiger partial charge in [0.05, 0.1) is 0 Å². The van der Waals surface area contributed by atoms with E-state index in [1.807, 2.05) is 0 Å². The molecule has 1 aromatic carbocycles. The summed E-state index contributed by atoms with van der Waals surface area (Å²) in [6.07, 6.45) is 8.38. The van der Waals surface area contributed by atoms with E-state index in [2.05, 4.69) is 54.4 Å². The van der Waals surface area contributed by atoms with Crippen molar-refractivity contribution in [1.29, 1.82) is 0 Å². The van der Waals surface area contributed by atoms with Crippen molar-refractivity contribution < 1.29 is 0 Å². The van der Waals surface area contributed by atoms with Gasteiger partial charge in [-0.15, -0.1) is 0 Å². The minimum atomic E-state index is 0.278. The van der Waals surface area contributed by atoms with Gasteiger partial charge in [-0.3, -0.25) is 4.90 Å². The van der Waals surface area contributed by atoms with E-state index in [1.165, 1.54) is 57.2 Å². The fourth-order valence-corrected chi connectivity index (χ4v) is 4.31. The van der Waals surface area contributed by atoms with E-state index in [0.717, 1.165) is 18.5 Å². The van der Waals surface area contributed by atoms with E-state index in [-0.39, 0.29) is 5.54 Å². The zero-order chi connectivity index (χ0) is 15.4. The van der Waals surface area contributed by atoms with Crippen molar-refractivity contribution >= 4 is 0 Å². The molecule has 2 unspecified atom stereocenters. The second kappa shape index (κ2) is 7.14. The van der Waals surface area contributed by atoms with Crippen LogP contribution in [0.25, 0.3) is 0 Å². The molecule has 2 fully saturated rings. The molecule has 1 saturated heterocycles. The van der Waals surface area contributed by atoms with Gasteiger partial charge in [-0.25, -0.2) is 0 Å². The molecule has 22 heavy (non-hydrogen) atoms. The Morgan fingerprint density at radius 1 is 1.14 bits per heavy atom. The van der Waals surface area contributed by atoms with E-state index in [4.69, 9.17) is 0 Å². The van der Waals surface area contributed by atoms with Crippen molar-refractivity contribution in [1.82, 2.24) is 10.2 Å². The number of nitrogens with zero attached hydrogens (tertiary/aromatic N) is 1. The van der Waals surface area contributed by atoms with Gasteiger partial charge in [-0.1, -0.05) is 56.5 Å². The lowest BCUT2D eigenvalue weighted by Gasteiger charge is -2.49. The maximum Gasteiger partial charge on any atom is 0.0278 e. The van der Waals surface area contributed by atoms with Crippen LogP contribution < -0.4 is 5.32 Å². The minimum Gasteiger partial charge on any atom is -0.309 e. The van der Waals surface area contributed by atoms with Crippen LogP contribution in [-0.4, -0.2) is 29.6 Å². The highest BCUT2D eigenvalue weighted by atomic mass is 15.3. The van der Waals surface area contributed by atoms with Crippen LogP contribution in [0.2, 0.25) is 0 Å². The third-order valence-electron chi connectivity index (χ3n) is 5.96. The monoisotopic (exact) mass is 300 g/mol. The Balaban J connectivity index is 1.74. The average Bonchev–Trinajstić information content (AvgIpc) is 2.57. The molecule has 0 spiro atoms. The number of rotatable bonds is 4. The first kappa shape index (κ1) is 16.0. The smallest absolute Gasteiger partial charge is 0.0278 e. The van der Waals surface area contributed by atoms with Gasteiger partial charge < -0.3 is 5.32 Å². The first-order valence-electron chi connectivity index (χ1n) is 9.23. The standard InChI is InChI=1S/C20H32N2/c1-3-20(2)16-22(15-17-10-6-4-7-11-17)19(14-21-20)18-12-8-5-9-13-18/h4,6-7,10-11,18-19,21H,3,5,8-9,12-16H2,1-2H3. The van der Waals surface area contributed by atoms with Crippen LogP contribution in [-0.2, 0) is 6.54 Å². The largest absolute Gasteiger partial charge is 0.309 e. The van der Waals surface area contributed by atoms with Crippen molar-refractivity contribution in [3.05, 3.63) is 35.9 Å². The van der Waals surface area contributed by atoms with Crippen LogP contribution >= 0.6 is 0 Å². The van der Waals surface area contributed by atoms with Gasteiger partial charge in [0.25, 0.3) is 0 Å². The van der Waals surface area contributed by atoms with Crippen molar-refractivity contribution in [3.8, 4) is 0 Å². The Bertz CT molecular complexity index is 452. The fourth-order valence-electron chi connectivity index (χ4n) is 4.31. The molecule has 1 heterocycles. The van der Waals surface area contributed by atoms with Gasteiger partial charge in [0, 0.05) is 31.2 Å². The van der Waals surface area contributed by atoms with E-state index in [1.54, 1.807) is 0 Å². The molecule has 2 heteroatoms.